The van der Waals surface area contributed by atoms with Gasteiger partial charge in [-0.25, -0.2) is 8.78 Å². The number of benzene rings is 1. The summed E-state index contributed by atoms with van der Waals surface area (Å²) in [5.74, 6) is -0.836. The maximum atomic E-state index is 13.6. The van der Waals surface area contributed by atoms with Gasteiger partial charge < -0.3 is 5.32 Å². The predicted octanol–water partition coefficient (Wildman–Crippen LogP) is 2.70. The molecule has 2 rings (SSSR count). The summed E-state index contributed by atoms with van der Waals surface area (Å²) in [6, 6.07) is 2.67. The lowest BCUT2D eigenvalue weighted by Gasteiger charge is -2.13. The van der Waals surface area contributed by atoms with Crippen molar-refractivity contribution in [2.75, 3.05) is 6.54 Å². The van der Waals surface area contributed by atoms with E-state index in [2.05, 4.69) is 5.32 Å². The molecule has 1 saturated heterocycles. The first-order valence-corrected chi connectivity index (χ1v) is 4.88. The van der Waals surface area contributed by atoms with Gasteiger partial charge in [-0.05, 0) is 37.9 Å². The summed E-state index contributed by atoms with van der Waals surface area (Å²) in [5.41, 5.74) is 0.720. The van der Waals surface area contributed by atoms with E-state index in [0.29, 0.717) is 5.56 Å². The van der Waals surface area contributed by atoms with Crippen molar-refractivity contribution in [3.63, 3.8) is 0 Å². The first-order valence-electron chi connectivity index (χ1n) is 4.88. The highest BCUT2D eigenvalue weighted by atomic mass is 19.1. The fraction of sp³-hybridized carbons (Fsp3) is 0.455. The Morgan fingerprint density at radius 2 is 2.14 bits per heavy atom. The second-order valence-corrected chi connectivity index (χ2v) is 3.74. The number of aryl methyl sites for hydroxylation is 1. The molecule has 0 aromatic heterocycles. The smallest absolute Gasteiger partial charge is 0.133 e. The van der Waals surface area contributed by atoms with Crippen LogP contribution in [0.5, 0.6) is 0 Å². The quantitative estimate of drug-likeness (QED) is 0.729. The van der Waals surface area contributed by atoms with E-state index in [1.807, 2.05) is 0 Å². The minimum Gasteiger partial charge on any atom is -0.310 e. The molecule has 0 amide bonds. The highest BCUT2D eigenvalue weighted by Gasteiger charge is 2.23. The molecule has 1 fully saturated rings. The molecule has 1 heterocycles. The molecule has 0 aliphatic carbocycles. The highest BCUT2D eigenvalue weighted by Crippen LogP contribution is 2.28. The lowest BCUT2D eigenvalue weighted by Crippen LogP contribution is -2.16. The Hall–Kier alpha value is -0.960. The molecule has 0 unspecified atom stereocenters. The van der Waals surface area contributed by atoms with E-state index in [1.54, 1.807) is 6.92 Å². The van der Waals surface area contributed by atoms with Crippen LogP contribution in [0, 0.1) is 18.6 Å². The van der Waals surface area contributed by atoms with E-state index in [0.717, 1.165) is 19.4 Å². The zero-order valence-corrected chi connectivity index (χ0v) is 8.11. The molecule has 0 bridgehead atoms. The topological polar surface area (TPSA) is 12.0 Å². The molecule has 1 aliphatic heterocycles. The minimum absolute atomic E-state index is 0.144. The number of halogens is 2. The first-order chi connectivity index (χ1) is 6.70. The number of nitrogens with one attached hydrogen (secondary N) is 1. The molecule has 1 aromatic rings. The average molecular weight is 197 g/mol. The van der Waals surface area contributed by atoms with Crippen molar-refractivity contribution in [1.82, 2.24) is 5.32 Å². The molecular formula is C11H13F2N. The van der Waals surface area contributed by atoms with Gasteiger partial charge in [0, 0.05) is 11.6 Å². The van der Waals surface area contributed by atoms with Crippen molar-refractivity contribution in [1.29, 1.82) is 0 Å². The summed E-state index contributed by atoms with van der Waals surface area (Å²) in [6.45, 7) is 2.50. The van der Waals surface area contributed by atoms with Crippen LogP contribution in [0.4, 0.5) is 8.78 Å². The van der Waals surface area contributed by atoms with Crippen molar-refractivity contribution in [3.05, 3.63) is 34.9 Å². The Balaban J connectivity index is 2.44. The fourth-order valence-corrected chi connectivity index (χ4v) is 1.93. The molecule has 76 valence electrons. The van der Waals surface area contributed by atoms with Crippen molar-refractivity contribution >= 4 is 0 Å². The van der Waals surface area contributed by atoms with E-state index in [9.17, 15) is 8.78 Å². The zero-order valence-electron chi connectivity index (χ0n) is 8.11. The summed E-state index contributed by atoms with van der Waals surface area (Å²) in [5, 5.41) is 3.10. The van der Waals surface area contributed by atoms with Gasteiger partial charge >= 0.3 is 0 Å². The van der Waals surface area contributed by atoms with Crippen LogP contribution in [0.25, 0.3) is 0 Å². The third kappa shape index (κ3) is 1.52. The molecule has 0 radical (unpaired) electrons. The van der Waals surface area contributed by atoms with Gasteiger partial charge in [-0.1, -0.05) is 6.07 Å². The predicted molar refractivity (Wildman–Crippen MR) is 51.1 cm³/mol. The van der Waals surface area contributed by atoms with Crippen molar-refractivity contribution in [2.24, 2.45) is 0 Å². The molecule has 1 atom stereocenters. The SMILES string of the molecule is Cc1ccc(F)c([C@H]2CCCN2)c1F. The van der Waals surface area contributed by atoms with E-state index in [-0.39, 0.29) is 11.6 Å². The Bertz CT molecular complexity index is 343. The van der Waals surface area contributed by atoms with Gasteiger partial charge in [0.25, 0.3) is 0 Å². The summed E-state index contributed by atoms with van der Waals surface area (Å²) < 4.78 is 27.0. The van der Waals surface area contributed by atoms with Gasteiger partial charge in [0.2, 0.25) is 0 Å². The third-order valence-corrected chi connectivity index (χ3v) is 2.73. The van der Waals surface area contributed by atoms with Gasteiger partial charge in [0.1, 0.15) is 11.6 Å². The van der Waals surface area contributed by atoms with Crippen LogP contribution in [-0.2, 0) is 0 Å². The number of hydrogen-bond acceptors (Lipinski definition) is 1. The molecule has 14 heavy (non-hydrogen) atoms. The monoisotopic (exact) mass is 197 g/mol. The van der Waals surface area contributed by atoms with Crippen molar-refractivity contribution in [3.8, 4) is 0 Å². The molecule has 3 heteroatoms. The number of rotatable bonds is 1. The average Bonchev–Trinajstić information content (AvgIpc) is 2.65. The van der Waals surface area contributed by atoms with Crippen molar-refractivity contribution in [2.45, 2.75) is 25.8 Å². The van der Waals surface area contributed by atoms with Crippen LogP contribution >= 0.6 is 0 Å². The van der Waals surface area contributed by atoms with E-state index < -0.39 is 11.6 Å². The van der Waals surface area contributed by atoms with Crippen LogP contribution in [0.1, 0.15) is 30.0 Å². The van der Waals surface area contributed by atoms with E-state index in [4.69, 9.17) is 0 Å². The second-order valence-electron chi connectivity index (χ2n) is 3.74. The summed E-state index contributed by atoms with van der Waals surface area (Å²) >= 11 is 0. The molecule has 1 aliphatic rings. The summed E-state index contributed by atoms with van der Waals surface area (Å²) in [4.78, 5) is 0. The van der Waals surface area contributed by atoms with E-state index >= 15 is 0 Å². The third-order valence-electron chi connectivity index (χ3n) is 2.73. The van der Waals surface area contributed by atoms with Gasteiger partial charge in [-0.15, -0.1) is 0 Å². The van der Waals surface area contributed by atoms with Crippen LogP contribution in [0.3, 0.4) is 0 Å². The zero-order chi connectivity index (χ0) is 10.1. The Morgan fingerprint density at radius 3 is 2.79 bits per heavy atom. The lowest BCUT2D eigenvalue weighted by molar-refractivity contribution is 0.503. The standard InChI is InChI=1S/C11H13F2N/c1-7-4-5-8(12)10(11(7)13)9-3-2-6-14-9/h4-5,9,14H,2-3,6H2,1H3/t9-/m1/s1. The largest absolute Gasteiger partial charge is 0.310 e. The molecule has 1 N–H and O–H groups in total. The minimum atomic E-state index is -0.437. The molecular weight excluding hydrogens is 184 g/mol. The van der Waals surface area contributed by atoms with Crippen LogP contribution in [-0.4, -0.2) is 6.54 Å². The van der Waals surface area contributed by atoms with Crippen LogP contribution < -0.4 is 5.32 Å². The molecule has 1 aromatic carbocycles. The van der Waals surface area contributed by atoms with E-state index in [1.165, 1.54) is 12.1 Å². The van der Waals surface area contributed by atoms with Crippen molar-refractivity contribution < 1.29 is 8.78 Å². The highest BCUT2D eigenvalue weighted by molar-refractivity contribution is 5.29. The lowest BCUT2D eigenvalue weighted by atomic mass is 10.0. The first kappa shape index (κ1) is 9.59. The van der Waals surface area contributed by atoms with Gasteiger partial charge in [-0.3, -0.25) is 0 Å². The fourth-order valence-electron chi connectivity index (χ4n) is 1.93. The Morgan fingerprint density at radius 1 is 1.36 bits per heavy atom. The van der Waals surface area contributed by atoms with Crippen LogP contribution in [0.15, 0.2) is 12.1 Å². The molecule has 0 spiro atoms. The van der Waals surface area contributed by atoms with Gasteiger partial charge in [-0.2, -0.15) is 0 Å². The van der Waals surface area contributed by atoms with Gasteiger partial charge in [0.15, 0.2) is 0 Å². The maximum Gasteiger partial charge on any atom is 0.133 e. The normalized spacial score (nSPS) is 21.5. The summed E-state index contributed by atoms with van der Waals surface area (Å²) in [7, 11) is 0. The van der Waals surface area contributed by atoms with Crippen LogP contribution in [0.2, 0.25) is 0 Å². The molecule has 0 saturated carbocycles. The van der Waals surface area contributed by atoms with Gasteiger partial charge in [0.05, 0.1) is 0 Å². The Labute approximate surface area is 82.1 Å². The maximum absolute atomic E-state index is 13.6. The Kier molecular flexibility index (Phi) is 2.50. The summed E-state index contributed by atoms with van der Waals surface area (Å²) in [6.07, 6.45) is 1.80. The second kappa shape index (κ2) is 3.65. The number of hydrogen-bond donors (Lipinski definition) is 1. The molecule has 1 nitrogen and oxygen atoms in total.